The molecular weight excluding hydrogens is 456 g/mol. The van der Waals surface area contributed by atoms with E-state index in [4.69, 9.17) is 14.2 Å². The smallest absolute Gasteiger partial charge is 0.325 e. The van der Waals surface area contributed by atoms with E-state index in [0.29, 0.717) is 28.5 Å². The summed E-state index contributed by atoms with van der Waals surface area (Å²) in [5, 5.41) is 4.26. The van der Waals surface area contributed by atoms with Crippen LogP contribution in [0.3, 0.4) is 0 Å². The highest BCUT2D eigenvalue weighted by atomic mass is 32.1. The molecule has 0 saturated carbocycles. The Kier molecular flexibility index (Phi) is 8.48. The molecule has 0 bridgehead atoms. The highest BCUT2D eigenvalue weighted by molar-refractivity contribution is 7.12. The molecule has 0 unspecified atom stereocenters. The number of carbonyl (C=O) groups excluding carboxylic acids is 3. The fourth-order valence-electron chi connectivity index (χ4n) is 3.63. The molecule has 2 heterocycles. The summed E-state index contributed by atoms with van der Waals surface area (Å²) in [6.07, 6.45) is 0.739. The molecule has 0 spiro atoms. The van der Waals surface area contributed by atoms with Crippen LogP contribution in [0.4, 0.5) is 0 Å². The molecule has 3 aromatic rings. The second-order valence-corrected chi connectivity index (χ2v) is 8.57. The maximum Gasteiger partial charge on any atom is 0.325 e. The number of aromatic nitrogens is 1. The molecule has 0 fully saturated rings. The van der Waals surface area contributed by atoms with Gasteiger partial charge in [0.1, 0.15) is 6.54 Å². The quantitative estimate of drug-likeness (QED) is 0.330. The molecule has 1 N–H and O–H groups in total. The van der Waals surface area contributed by atoms with Crippen molar-refractivity contribution in [3.63, 3.8) is 0 Å². The zero-order chi connectivity index (χ0) is 24.7. The molecule has 180 valence electrons. The normalized spacial score (nSPS) is 10.6. The van der Waals surface area contributed by atoms with Crippen LogP contribution < -0.4 is 14.8 Å². The number of benzene rings is 1. The van der Waals surface area contributed by atoms with Crippen LogP contribution in [0.25, 0.3) is 0 Å². The zero-order valence-corrected chi connectivity index (χ0v) is 20.5. The van der Waals surface area contributed by atoms with Gasteiger partial charge in [-0.25, -0.2) is 0 Å². The summed E-state index contributed by atoms with van der Waals surface area (Å²) in [6, 6.07) is 11.0. The zero-order valence-electron chi connectivity index (χ0n) is 19.7. The number of hydrogen-bond acceptors (Lipinski definition) is 7. The number of aryl methyl sites for hydroxylation is 2. The summed E-state index contributed by atoms with van der Waals surface area (Å²) in [6.45, 7) is 3.80. The number of nitrogens with zero attached hydrogens (tertiary/aromatic N) is 1. The number of ketones is 1. The van der Waals surface area contributed by atoms with Gasteiger partial charge in [0.15, 0.2) is 18.1 Å². The molecule has 2 aromatic heterocycles. The van der Waals surface area contributed by atoms with Crippen molar-refractivity contribution < 1.29 is 28.6 Å². The molecule has 1 amide bonds. The van der Waals surface area contributed by atoms with Gasteiger partial charge in [-0.2, -0.15) is 0 Å². The maximum atomic E-state index is 12.7. The third-order valence-electron chi connectivity index (χ3n) is 5.45. The third-order valence-corrected chi connectivity index (χ3v) is 6.32. The van der Waals surface area contributed by atoms with Gasteiger partial charge < -0.3 is 24.1 Å². The number of carbonyl (C=O) groups is 3. The van der Waals surface area contributed by atoms with Crippen molar-refractivity contribution in [3.05, 3.63) is 69.2 Å². The Morgan fingerprint density at radius 3 is 2.47 bits per heavy atom. The van der Waals surface area contributed by atoms with Gasteiger partial charge in [0.25, 0.3) is 5.91 Å². The van der Waals surface area contributed by atoms with Crippen LogP contribution in [0.2, 0.25) is 0 Å². The van der Waals surface area contributed by atoms with E-state index in [1.807, 2.05) is 32.0 Å². The van der Waals surface area contributed by atoms with Crippen LogP contribution in [-0.4, -0.2) is 49.6 Å². The van der Waals surface area contributed by atoms with Gasteiger partial charge in [0.05, 0.1) is 19.1 Å². The van der Waals surface area contributed by atoms with Gasteiger partial charge >= 0.3 is 5.97 Å². The summed E-state index contributed by atoms with van der Waals surface area (Å²) < 4.78 is 17.8. The van der Waals surface area contributed by atoms with Crippen molar-refractivity contribution in [2.45, 2.75) is 26.8 Å². The number of nitrogens with one attached hydrogen (secondary N) is 1. The second kappa shape index (κ2) is 11.5. The minimum atomic E-state index is -0.666. The predicted molar refractivity (Wildman–Crippen MR) is 129 cm³/mol. The predicted octanol–water partition coefficient (Wildman–Crippen LogP) is 3.58. The molecule has 0 aliphatic heterocycles. The first-order chi connectivity index (χ1) is 16.3. The number of amides is 1. The number of rotatable bonds is 11. The molecule has 3 rings (SSSR count). The number of thiophene rings is 1. The molecule has 0 saturated heterocycles. The minimum Gasteiger partial charge on any atom is -0.493 e. The summed E-state index contributed by atoms with van der Waals surface area (Å²) in [5.74, 6) is 0.0403. The number of esters is 1. The number of Topliss-reactive ketones (excluding diaryl/α,β-unsaturated/α-hetero) is 1. The Labute approximate surface area is 202 Å². The van der Waals surface area contributed by atoms with Crippen LogP contribution in [0.5, 0.6) is 11.5 Å². The summed E-state index contributed by atoms with van der Waals surface area (Å²) in [7, 11) is 3.20. The van der Waals surface area contributed by atoms with Crippen molar-refractivity contribution in [2.24, 2.45) is 0 Å². The second-order valence-electron chi connectivity index (χ2n) is 7.62. The van der Waals surface area contributed by atoms with Crippen LogP contribution in [0.1, 0.15) is 37.0 Å². The lowest BCUT2D eigenvalue weighted by Gasteiger charge is -2.12. The van der Waals surface area contributed by atoms with Crippen molar-refractivity contribution in [2.75, 3.05) is 27.4 Å². The standard InChI is InChI=1S/C25H28N2O6S/c1-16-12-19(20(28)15-33-24(29)14-26-25(30)23-6-5-11-34-23)17(2)27(16)10-9-18-7-8-21(31-3)22(13-18)32-4/h5-8,11-13H,9-10,14-15H2,1-4H3,(H,26,30). The number of ether oxygens (including phenoxy) is 3. The van der Waals surface area contributed by atoms with Crippen LogP contribution in [0.15, 0.2) is 41.8 Å². The molecular formula is C25H28N2O6S. The Morgan fingerprint density at radius 1 is 1.03 bits per heavy atom. The van der Waals surface area contributed by atoms with E-state index in [1.165, 1.54) is 11.3 Å². The van der Waals surface area contributed by atoms with Crippen molar-refractivity contribution in [1.29, 1.82) is 0 Å². The fourth-order valence-corrected chi connectivity index (χ4v) is 4.27. The molecule has 0 aliphatic carbocycles. The summed E-state index contributed by atoms with van der Waals surface area (Å²) in [4.78, 5) is 37.0. The molecule has 34 heavy (non-hydrogen) atoms. The molecule has 9 heteroatoms. The molecule has 0 aliphatic rings. The molecule has 8 nitrogen and oxygen atoms in total. The van der Waals surface area contributed by atoms with Gasteiger partial charge in [-0.1, -0.05) is 12.1 Å². The van der Waals surface area contributed by atoms with E-state index in [0.717, 1.165) is 23.4 Å². The molecule has 1 aromatic carbocycles. The van der Waals surface area contributed by atoms with Gasteiger partial charge in [0, 0.05) is 23.5 Å². The lowest BCUT2D eigenvalue weighted by atomic mass is 10.1. The van der Waals surface area contributed by atoms with E-state index in [2.05, 4.69) is 9.88 Å². The Balaban J connectivity index is 1.55. The van der Waals surface area contributed by atoms with Crippen molar-refractivity contribution >= 4 is 29.0 Å². The highest BCUT2D eigenvalue weighted by Crippen LogP contribution is 2.28. The van der Waals surface area contributed by atoms with E-state index >= 15 is 0 Å². The highest BCUT2D eigenvalue weighted by Gasteiger charge is 2.18. The van der Waals surface area contributed by atoms with Gasteiger partial charge in [-0.15, -0.1) is 11.3 Å². The van der Waals surface area contributed by atoms with E-state index < -0.39 is 5.97 Å². The molecule has 0 radical (unpaired) electrons. The van der Waals surface area contributed by atoms with Gasteiger partial charge in [-0.05, 0) is 55.5 Å². The minimum absolute atomic E-state index is 0.289. The maximum absolute atomic E-state index is 12.7. The average Bonchev–Trinajstić information content (AvgIpc) is 3.48. The van der Waals surface area contributed by atoms with Crippen molar-refractivity contribution in [1.82, 2.24) is 9.88 Å². The topological polar surface area (TPSA) is 95.9 Å². The van der Waals surface area contributed by atoms with E-state index in [1.54, 1.807) is 37.8 Å². The Bertz CT molecular complexity index is 1170. The van der Waals surface area contributed by atoms with Gasteiger partial charge in [-0.3, -0.25) is 14.4 Å². The van der Waals surface area contributed by atoms with Crippen molar-refractivity contribution in [3.8, 4) is 11.5 Å². The first kappa shape index (κ1) is 25.0. The lowest BCUT2D eigenvalue weighted by molar-refractivity contribution is -0.141. The Hall–Kier alpha value is -3.59. The number of hydrogen-bond donors (Lipinski definition) is 1. The third kappa shape index (κ3) is 6.05. The lowest BCUT2D eigenvalue weighted by Crippen LogP contribution is -2.31. The van der Waals surface area contributed by atoms with Crippen LogP contribution in [0, 0.1) is 13.8 Å². The monoisotopic (exact) mass is 484 g/mol. The first-order valence-corrected chi connectivity index (χ1v) is 11.6. The SMILES string of the molecule is COc1ccc(CCn2c(C)cc(C(=O)COC(=O)CNC(=O)c3cccs3)c2C)cc1OC. The summed E-state index contributed by atoms with van der Waals surface area (Å²) in [5.41, 5.74) is 3.35. The molecule has 0 atom stereocenters. The van der Waals surface area contributed by atoms with E-state index in [-0.39, 0.29) is 24.8 Å². The van der Waals surface area contributed by atoms with Gasteiger partial charge in [0.2, 0.25) is 5.78 Å². The summed E-state index contributed by atoms with van der Waals surface area (Å²) >= 11 is 1.28. The largest absolute Gasteiger partial charge is 0.493 e. The number of methoxy groups -OCH3 is 2. The Morgan fingerprint density at radius 2 is 1.79 bits per heavy atom. The average molecular weight is 485 g/mol. The van der Waals surface area contributed by atoms with E-state index in [9.17, 15) is 14.4 Å². The first-order valence-electron chi connectivity index (χ1n) is 10.7. The fraction of sp³-hybridized carbons (Fsp3) is 0.320. The van der Waals surface area contributed by atoms with Crippen LogP contribution in [-0.2, 0) is 22.5 Å². The van der Waals surface area contributed by atoms with Crippen LogP contribution >= 0.6 is 11.3 Å².